The van der Waals surface area contributed by atoms with E-state index in [0.717, 1.165) is 4.90 Å². The van der Waals surface area contributed by atoms with Gasteiger partial charge in [0.25, 0.3) is 11.6 Å². The number of rotatable bonds is 3. The first-order valence-corrected chi connectivity index (χ1v) is 6.19. The molecular formula is C15H13FN2O3. The van der Waals surface area contributed by atoms with Crippen molar-refractivity contribution in [2.75, 3.05) is 11.9 Å². The SMILES string of the molecule is Cc1ccc([N+](=O)[O-])cc1C(=O)N(C)c1ccccc1F. The zero-order chi connectivity index (χ0) is 15.6. The van der Waals surface area contributed by atoms with Crippen molar-refractivity contribution < 1.29 is 14.1 Å². The van der Waals surface area contributed by atoms with E-state index >= 15 is 0 Å². The quantitative estimate of drug-likeness (QED) is 0.643. The summed E-state index contributed by atoms with van der Waals surface area (Å²) in [5.41, 5.74) is 0.711. The average Bonchev–Trinajstić information content (AvgIpc) is 2.46. The van der Waals surface area contributed by atoms with Crippen LogP contribution >= 0.6 is 0 Å². The van der Waals surface area contributed by atoms with E-state index in [1.54, 1.807) is 13.0 Å². The lowest BCUT2D eigenvalue weighted by molar-refractivity contribution is -0.384. The Labute approximate surface area is 120 Å². The standard InChI is InChI=1S/C15H13FN2O3/c1-10-7-8-11(18(20)21)9-12(10)15(19)17(2)14-6-4-3-5-13(14)16/h3-9H,1-2H3. The second-order valence-corrected chi connectivity index (χ2v) is 4.57. The number of carbonyl (C=O) groups is 1. The molecule has 0 spiro atoms. The number of amides is 1. The summed E-state index contributed by atoms with van der Waals surface area (Å²) in [6.45, 7) is 1.67. The fraction of sp³-hybridized carbons (Fsp3) is 0.133. The maximum Gasteiger partial charge on any atom is 0.270 e. The Hall–Kier alpha value is -2.76. The molecule has 6 heteroatoms. The highest BCUT2D eigenvalue weighted by atomic mass is 19.1. The number of anilines is 1. The third kappa shape index (κ3) is 2.89. The molecule has 2 aromatic carbocycles. The lowest BCUT2D eigenvalue weighted by Gasteiger charge is -2.19. The minimum Gasteiger partial charge on any atom is -0.309 e. The first-order chi connectivity index (χ1) is 9.91. The minimum atomic E-state index is -0.570. The number of hydrogen-bond donors (Lipinski definition) is 0. The van der Waals surface area contributed by atoms with Crippen LogP contribution in [0.2, 0.25) is 0 Å². The minimum absolute atomic E-state index is 0.119. The smallest absolute Gasteiger partial charge is 0.270 e. The Morgan fingerprint density at radius 1 is 1.24 bits per heavy atom. The maximum atomic E-state index is 13.7. The molecule has 0 unspecified atom stereocenters. The van der Waals surface area contributed by atoms with E-state index in [1.165, 1.54) is 43.4 Å². The van der Waals surface area contributed by atoms with Crippen LogP contribution in [-0.4, -0.2) is 17.9 Å². The molecule has 0 aliphatic carbocycles. The van der Waals surface area contributed by atoms with Gasteiger partial charge < -0.3 is 4.90 Å². The fourth-order valence-electron chi connectivity index (χ4n) is 1.97. The van der Waals surface area contributed by atoms with Crippen LogP contribution < -0.4 is 4.90 Å². The second kappa shape index (κ2) is 5.70. The van der Waals surface area contributed by atoms with Gasteiger partial charge in [-0.2, -0.15) is 0 Å². The molecule has 1 amide bonds. The van der Waals surface area contributed by atoms with Crippen LogP contribution in [0.25, 0.3) is 0 Å². The van der Waals surface area contributed by atoms with Gasteiger partial charge >= 0.3 is 0 Å². The predicted octanol–water partition coefficient (Wildman–Crippen LogP) is 3.32. The average molecular weight is 288 g/mol. The molecule has 108 valence electrons. The van der Waals surface area contributed by atoms with E-state index in [4.69, 9.17) is 0 Å². The van der Waals surface area contributed by atoms with Crippen molar-refractivity contribution in [2.45, 2.75) is 6.92 Å². The van der Waals surface area contributed by atoms with Crippen molar-refractivity contribution in [1.82, 2.24) is 0 Å². The van der Waals surface area contributed by atoms with Gasteiger partial charge in [0.15, 0.2) is 0 Å². The number of benzene rings is 2. The topological polar surface area (TPSA) is 63.5 Å². The zero-order valence-electron chi connectivity index (χ0n) is 11.5. The largest absolute Gasteiger partial charge is 0.309 e. The molecule has 0 aromatic heterocycles. The van der Waals surface area contributed by atoms with Gasteiger partial charge in [-0.05, 0) is 24.6 Å². The number of carbonyl (C=O) groups excluding carboxylic acids is 1. The maximum absolute atomic E-state index is 13.7. The van der Waals surface area contributed by atoms with Crippen LogP contribution in [0.1, 0.15) is 15.9 Å². The van der Waals surface area contributed by atoms with Crippen LogP contribution in [0.4, 0.5) is 15.8 Å². The Bertz CT molecular complexity index is 716. The lowest BCUT2D eigenvalue weighted by Crippen LogP contribution is -2.27. The number of non-ortho nitro benzene ring substituents is 1. The number of aryl methyl sites for hydroxylation is 1. The Morgan fingerprint density at radius 2 is 1.90 bits per heavy atom. The molecule has 5 nitrogen and oxygen atoms in total. The molecular weight excluding hydrogens is 275 g/mol. The molecule has 0 N–H and O–H groups in total. The van der Waals surface area contributed by atoms with Gasteiger partial charge in [0.2, 0.25) is 0 Å². The van der Waals surface area contributed by atoms with E-state index in [9.17, 15) is 19.3 Å². The molecule has 0 saturated carbocycles. The third-order valence-corrected chi connectivity index (χ3v) is 3.18. The van der Waals surface area contributed by atoms with Gasteiger partial charge in [0.05, 0.1) is 10.6 Å². The number of nitro benzene ring substituents is 1. The van der Waals surface area contributed by atoms with Gasteiger partial charge in [-0.25, -0.2) is 4.39 Å². The molecule has 0 aliphatic rings. The van der Waals surface area contributed by atoms with Crippen LogP contribution in [0.3, 0.4) is 0 Å². The fourth-order valence-corrected chi connectivity index (χ4v) is 1.97. The Morgan fingerprint density at radius 3 is 2.52 bits per heavy atom. The van der Waals surface area contributed by atoms with Gasteiger partial charge in [-0.15, -0.1) is 0 Å². The molecule has 2 aromatic rings. The number of para-hydroxylation sites is 1. The molecule has 21 heavy (non-hydrogen) atoms. The summed E-state index contributed by atoms with van der Waals surface area (Å²) < 4.78 is 13.7. The van der Waals surface area contributed by atoms with Crippen molar-refractivity contribution >= 4 is 17.3 Å². The second-order valence-electron chi connectivity index (χ2n) is 4.57. The summed E-state index contributed by atoms with van der Waals surface area (Å²) in [6.07, 6.45) is 0. The first-order valence-electron chi connectivity index (χ1n) is 6.19. The van der Waals surface area contributed by atoms with Gasteiger partial charge in [0, 0.05) is 24.7 Å². The number of hydrogen-bond acceptors (Lipinski definition) is 3. The van der Waals surface area contributed by atoms with Gasteiger partial charge in [-0.1, -0.05) is 18.2 Å². The van der Waals surface area contributed by atoms with Crippen molar-refractivity contribution in [1.29, 1.82) is 0 Å². The Kier molecular flexibility index (Phi) is 3.98. The van der Waals surface area contributed by atoms with Crippen LogP contribution in [0, 0.1) is 22.9 Å². The van der Waals surface area contributed by atoms with E-state index in [2.05, 4.69) is 0 Å². The molecule has 2 rings (SSSR count). The van der Waals surface area contributed by atoms with Crippen molar-refractivity contribution in [2.24, 2.45) is 0 Å². The third-order valence-electron chi connectivity index (χ3n) is 3.18. The number of nitro groups is 1. The molecule has 0 radical (unpaired) electrons. The summed E-state index contributed by atoms with van der Waals surface area (Å²) in [7, 11) is 1.43. The number of halogens is 1. The van der Waals surface area contributed by atoms with E-state index in [-0.39, 0.29) is 16.9 Å². The summed E-state index contributed by atoms with van der Waals surface area (Å²) in [5, 5.41) is 10.8. The molecule has 0 fully saturated rings. The van der Waals surface area contributed by atoms with E-state index < -0.39 is 16.6 Å². The number of nitrogens with zero attached hydrogens (tertiary/aromatic N) is 2. The van der Waals surface area contributed by atoms with Crippen LogP contribution in [0.15, 0.2) is 42.5 Å². The van der Waals surface area contributed by atoms with Crippen molar-refractivity contribution in [3.63, 3.8) is 0 Å². The summed E-state index contributed by atoms with van der Waals surface area (Å²) in [6, 6.07) is 9.89. The lowest BCUT2D eigenvalue weighted by atomic mass is 10.1. The first kappa shape index (κ1) is 14.6. The van der Waals surface area contributed by atoms with E-state index in [1.807, 2.05) is 0 Å². The summed E-state index contributed by atoms with van der Waals surface area (Å²) in [4.78, 5) is 23.8. The van der Waals surface area contributed by atoms with Crippen molar-refractivity contribution in [3.05, 3.63) is 69.5 Å². The van der Waals surface area contributed by atoms with Gasteiger partial charge in [-0.3, -0.25) is 14.9 Å². The van der Waals surface area contributed by atoms with Crippen LogP contribution in [0.5, 0.6) is 0 Å². The molecule has 0 saturated heterocycles. The van der Waals surface area contributed by atoms with Crippen LogP contribution in [-0.2, 0) is 0 Å². The van der Waals surface area contributed by atoms with Gasteiger partial charge in [0.1, 0.15) is 5.82 Å². The summed E-state index contributed by atoms with van der Waals surface area (Å²) >= 11 is 0. The molecule has 0 aliphatic heterocycles. The molecule has 0 atom stereocenters. The zero-order valence-corrected chi connectivity index (χ0v) is 11.5. The Balaban J connectivity index is 2.42. The predicted molar refractivity (Wildman–Crippen MR) is 77.0 cm³/mol. The van der Waals surface area contributed by atoms with E-state index in [0.29, 0.717) is 5.56 Å². The normalized spacial score (nSPS) is 10.2. The highest BCUT2D eigenvalue weighted by Gasteiger charge is 2.20. The highest BCUT2D eigenvalue weighted by Crippen LogP contribution is 2.23. The highest BCUT2D eigenvalue weighted by molar-refractivity contribution is 6.07. The monoisotopic (exact) mass is 288 g/mol. The molecule has 0 heterocycles. The molecule has 0 bridgehead atoms. The van der Waals surface area contributed by atoms with Crippen molar-refractivity contribution in [3.8, 4) is 0 Å². The summed E-state index contributed by atoms with van der Waals surface area (Å²) in [5.74, 6) is -1.03.